The lowest BCUT2D eigenvalue weighted by molar-refractivity contribution is 0.182. The first-order valence-corrected chi connectivity index (χ1v) is 7.82. The number of carbonyl (C=O) groups excluding carboxylic acids is 1. The lowest BCUT2D eigenvalue weighted by atomic mass is 10.0. The van der Waals surface area contributed by atoms with E-state index in [9.17, 15) is 9.00 Å². The number of primary amides is 1. The van der Waals surface area contributed by atoms with Crippen LogP contribution in [0, 0.1) is 0 Å². The van der Waals surface area contributed by atoms with Gasteiger partial charge >= 0.3 is 6.03 Å². The molecule has 1 fully saturated rings. The Morgan fingerprint density at radius 2 is 2.12 bits per heavy atom. The molecule has 3 N–H and O–H groups in total. The number of piperidine rings is 1. The molecule has 0 bridgehead atoms. The van der Waals surface area contributed by atoms with Gasteiger partial charge in [-0.2, -0.15) is 0 Å². The Hall–Kier alpha value is -0.620. The average Bonchev–Trinajstić information content (AvgIpc) is 2.27. The molecule has 1 aliphatic heterocycles. The molecule has 0 aliphatic carbocycles. The number of hydrogen-bond donors (Lipinski definition) is 2. The van der Waals surface area contributed by atoms with Crippen LogP contribution in [-0.4, -0.2) is 52.3 Å². The van der Waals surface area contributed by atoms with Crippen LogP contribution in [0.2, 0.25) is 0 Å². The molecule has 2 amide bonds. The van der Waals surface area contributed by atoms with Crippen molar-refractivity contribution < 1.29 is 9.00 Å². The summed E-state index contributed by atoms with van der Waals surface area (Å²) in [6.45, 7) is 3.59. The largest absolute Gasteiger partial charge is 0.351 e. The van der Waals surface area contributed by atoms with E-state index in [4.69, 9.17) is 5.73 Å². The third-order valence-electron chi connectivity index (χ3n) is 3.17. The second kappa shape index (κ2) is 6.96. The molecule has 5 nitrogen and oxygen atoms in total. The van der Waals surface area contributed by atoms with Crippen LogP contribution in [0.25, 0.3) is 0 Å². The monoisotopic (exact) mass is 261 g/mol. The number of rotatable bonds is 5. The van der Waals surface area contributed by atoms with Gasteiger partial charge < -0.3 is 16.0 Å². The van der Waals surface area contributed by atoms with Crippen LogP contribution < -0.4 is 11.1 Å². The van der Waals surface area contributed by atoms with Gasteiger partial charge in [-0.1, -0.05) is 0 Å². The number of hydrogen-bond acceptors (Lipinski definition) is 3. The Balaban J connectivity index is 2.21. The Kier molecular flexibility index (Phi) is 5.91. The molecule has 2 unspecified atom stereocenters. The zero-order valence-corrected chi connectivity index (χ0v) is 11.5. The Labute approximate surface area is 106 Å². The van der Waals surface area contributed by atoms with Crippen molar-refractivity contribution in [3.63, 3.8) is 0 Å². The van der Waals surface area contributed by atoms with Crippen LogP contribution in [0.4, 0.5) is 4.79 Å². The number of carbonyl (C=O) groups is 1. The number of nitrogens with one attached hydrogen (secondary N) is 1. The molecule has 1 heterocycles. The summed E-state index contributed by atoms with van der Waals surface area (Å²) in [4.78, 5) is 12.6. The van der Waals surface area contributed by atoms with Crippen molar-refractivity contribution in [3.05, 3.63) is 0 Å². The number of amides is 2. The third-order valence-corrected chi connectivity index (χ3v) is 3.98. The molecule has 0 spiro atoms. The first-order chi connectivity index (χ1) is 7.99. The highest BCUT2D eigenvalue weighted by Crippen LogP contribution is 2.11. The fraction of sp³-hybridized carbons (Fsp3) is 0.909. The lowest BCUT2D eigenvalue weighted by Gasteiger charge is -2.33. The molecule has 0 aromatic heterocycles. The Morgan fingerprint density at radius 1 is 1.53 bits per heavy atom. The smallest absolute Gasteiger partial charge is 0.314 e. The predicted molar refractivity (Wildman–Crippen MR) is 70.3 cm³/mol. The summed E-state index contributed by atoms with van der Waals surface area (Å²) in [5.41, 5.74) is 5.23. The van der Waals surface area contributed by atoms with Gasteiger partial charge in [0.25, 0.3) is 0 Å². The summed E-state index contributed by atoms with van der Waals surface area (Å²) >= 11 is 0. The molecular formula is C11H23N3O2S. The molecule has 1 rings (SSSR count). The van der Waals surface area contributed by atoms with Gasteiger partial charge in [-0.3, -0.25) is 4.21 Å². The summed E-state index contributed by atoms with van der Waals surface area (Å²) in [6, 6.07) is 0.507. The topological polar surface area (TPSA) is 75.4 Å². The number of nitrogens with zero attached hydrogens (tertiary/aromatic N) is 1. The second-order valence-electron chi connectivity index (χ2n) is 4.73. The molecule has 6 heteroatoms. The van der Waals surface area contributed by atoms with Gasteiger partial charge in [0.1, 0.15) is 0 Å². The molecule has 2 atom stereocenters. The van der Waals surface area contributed by atoms with Gasteiger partial charge in [0.15, 0.2) is 0 Å². The van der Waals surface area contributed by atoms with Gasteiger partial charge in [0.05, 0.1) is 0 Å². The molecule has 0 radical (unpaired) electrons. The Bertz CT molecular complexity index is 278. The highest BCUT2D eigenvalue weighted by Gasteiger charge is 2.21. The van der Waals surface area contributed by atoms with E-state index in [1.165, 1.54) is 0 Å². The van der Waals surface area contributed by atoms with E-state index in [0.717, 1.165) is 38.1 Å². The lowest BCUT2D eigenvalue weighted by Crippen LogP contribution is -2.48. The number of likely N-dealkylation sites (tertiary alicyclic amines) is 1. The maximum atomic E-state index is 11.0. The summed E-state index contributed by atoms with van der Waals surface area (Å²) in [6.07, 6.45) is 4.56. The number of nitrogens with two attached hydrogens (primary N) is 1. The van der Waals surface area contributed by atoms with Crippen molar-refractivity contribution >= 4 is 16.8 Å². The van der Waals surface area contributed by atoms with Crippen LogP contribution in [0.3, 0.4) is 0 Å². The van der Waals surface area contributed by atoms with E-state index in [1.54, 1.807) is 11.2 Å². The SMILES string of the molecule is CC(CCS(C)=O)NC1CCN(C(N)=O)CC1. The highest BCUT2D eigenvalue weighted by atomic mass is 32.2. The van der Waals surface area contributed by atoms with Crippen LogP contribution in [0.1, 0.15) is 26.2 Å². The predicted octanol–water partition coefficient (Wildman–Crippen LogP) is 0.276. The van der Waals surface area contributed by atoms with E-state index in [1.807, 2.05) is 0 Å². The molecule has 1 saturated heterocycles. The zero-order chi connectivity index (χ0) is 12.8. The van der Waals surface area contributed by atoms with Crippen LogP contribution in [0.15, 0.2) is 0 Å². The molecule has 0 saturated carbocycles. The minimum Gasteiger partial charge on any atom is -0.351 e. The summed E-state index contributed by atoms with van der Waals surface area (Å²) in [5, 5.41) is 3.52. The molecular weight excluding hydrogens is 238 g/mol. The van der Waals surface area contributed by atoms with Crippen molar-refractivity contribution in [1.82, 2.24) is 10.2 Å². The van der Waals surface area contributed by atoms with Gasteiger partial charge in [0, 0.05) is 48.0 Å². The van der Waals surface area contributed by atoms with Crippen molar-refractivity contribution in [1.29, 1.82) is 0 Å². The first-order valence-electron chi connectivity index (χ1n) is 6.09. The van der Waals surface area contributed by atoms with Crippen LogP contribution in [0.5, 0.6) is 0 Å². The molecule has 1 aliphatic rings. The van der Waals surface area contributed by atoms with E-state index >= 15 is 0 Å². The van der Waals surface area contributed by atoms with Crippen LogP contribution >= 0.6 is 0 Å². The fourth-order valence-electron chi connectivity index (χ4n) is 2.09. The molecule has 17 heavy (non-hydrogen) atoms. The van der Waals surface area contributed by atoms with Crippen molar-refractivity contribution in [2.24, 2.45) is 5.73 Å². The van der Waals surface area contributed by atoms with E-state index in [2.05, 4.69) is 12.2 Å². The van der Waals surface area contributed by atoms with E-state index in [-0.39, 0.29) is 6.03 Å². The minimum absolute atomic E-state index is 0.321. The van der Waals surface area contributed by atoms with Gasteiger partial charge in [-0.05, 0) is 26.2 Å². The first kappa shape index (κ1) is 14.4. The number of urea groups is 1. The van der Waals surface area contributed by atoms with Crippen LogP contribution in [-0.2, 0) is 10.8 Å². The standard InChI is InChI=1S/C11H23N3O2S/c1-9(5-8-17(2)16)13-10-3-6-14(7-4-10)11(12)15/h9-10,13H,3-8H2,1-2H3,(H2,12,15). The maximum Gasteiger partial charge on any atom is 0.314 e. The van der Waals surface area contributed by atoms with E-state index in [0.29, 0.717) is 12.1 Å². The summed E-state index contributed by atoms with van der Waals surface area (Å²) in [5.74, 6) is 0.744. The van der Waals surface area contributed by atoms with Gasteiger partial charge in [-0.15, -0.1) is 0 Å². The minimum atomic E-state index is -0.714. The second-order valence-corrected chi connectivity index (χ2v) is 6.29. The maximum absolute atomic E-state index is 11.0. The fourth-order valence-corrected chi connectivity index (χ4v) is 2.78. The summed E-state index contributed by atoms with van der Waals surface area (Å²) in [7, 11) is -0.714. The van der Waals surface area contributed by atoms with E-state index < -0.39 is 10.8 Å². The van der Waals surface area contributed by atoms with Gasteiger partial charge in [0.2, 0.25) is 0 Å². The molecule has 100 valence electrons. The van der Waals surface area contributed by atoms with Crippen molar-refractivity contribution in [3.8, 4) is 0 Å². The summed E-state index contributed by atoms with van der Waals surface area (Å²) < 4.78 is 11.0. The van der Waals surface area contributed by atoms with Gasteiger partial charge in [-0.25, -0.2) is 4.79 Å². The zero-order valence-electron chi connectivity index (χ0n) is 10.6. The highest BCUT2D eigenvalue weighted by molar-refractivity contribution is 7.84. The normalized spacial score (nSPS) is 21.2. The van der Waals surface area contributed by atoms with Crippen molar-refractivity contribution in [2.45, 2.75) is 38.3 Å². The Morgan fingerprint density at radius 3 is 2.59 bits per heavy atom. The quantitative estimate of drug-likeness (QED) is 0.746. The average molecular weight is 261 g/mol. The van der Waals surface area contributed by atoms with Crippen molar-refractivity contribution in [2.75, 3.05) is 25.1 Å². The molecule has 0 aromatic rings. The third kappa shape index (κ3) is 5.50. The molecule has 0 aromatic carbocycles.